The molecule has 2 aliphatic rings. The molecule has 0 amide bonds. The van der Waals surface area contributed by atoms with Gasteiger partial charge >= 0.3 is 0 Å². The largest absolute Gasteiger partial charge is 0.383 e. The number of nitrogens with two attached hydrogens (primary N) is 1. The van der Waals surface area contributed by atoms with Crippen LogP contribution < -0.4 is 16.0 Å². The summed E-state index contributed by atoms with van der Waals surface area (Å²) < 4.78 is 0. The van der Waals surface area contributed by atoms with E-state index in [1.165, 1.54) is 44.9 Å². The van der Waals surface area contributed by atoms with Gasteiger partial charge in [0.25, 0.3) is 0 Å². The number of nitrogen functional groups attached to an aromatic ring is 1. The Morgan fingerprint density at radius 2 is 1.71 bits per heavy atom. The molecule has 0 atom stereocenters. The van der Waals surface area contributed by atoms with Gasteiger partial charge in [0.15, 0.2) is 5.01 Å². The van der Waals surface area contributed by atoms with Crippen LogP contribution in [0.4, 0.5) is 22.9 Å². The Labute approximate surface area is 202 Å². The van der Waals surface area contributed by atoms with Crippen LogP contribution in [0.3, 0.4) is 0 Å². The molecule has 3 N–H and O–H groups in total. The molecule has 4 aromatic rings. The molecule has 1 saturated heterocycles. The van der Waals surface area contributed by atoms with Crippen molar-refractivity contribution in [2.24, 2.45) is 0 Å². The van der Waals surface area contributed by atoms with E-state index in [1.807, 2.05) is 30.7 Å². The van der Waals surface area contributed by atoms with Crippen LogP contribution >= 0.6 is 11.3 Å². The van der Waals surface area contributed by atoms with Gasteiger partial charge in [0.2, 0.25) is 0 Å². The van der Waals surface area contributed by atoms with Gasteiger partial charge in [-0.1, -0.05) is 24.2 Å². The molecule has 0 spiro atoms. The Bertz CT molecular complexity index is 1310. The number of piperidine rings is 1. The average molecular weight is 473 g/mol. The molecule has 5 heterocycles. The van der Waals surface area contributed by atoms with E-state index in [4.69, 9.17) is 5.73 Å². The Balaban J connectivity index is 1.24. The lowest BCUT2D eigenvalue weighted by molar-refractivity contribution is 0.577. The molecule has 0 bridgehead atoms. The van der Waals surface area contributed by atoms with Crippen molar-refractivity contribution < 1.29 is 0 Å². The normalized spacial score (nSPS) is 16.9. The lowest BCUT2D eigenvalue weighted by Crippen LogP contribution is -2.29. The van der Waals surface area contributed by atoms with E-state index < -0.39 is 0 Å². The molecule has 34 heavy (non-hydrogen) atoms. The number of rotatable bonds is 5. The van der Waals surface area contributed by atoms with Gasteiger partial charge in [0, 0.05) is 19.0 Å². The second-order valence-electron chi connectivity index (χ2n) is 9.21. The van der Waals surface area contributed by atoms with Crippen molar-refractivity contribution in [2.75, 3.05) is 29.0 Å². The summed E-state index contributed by atoms with van der Waals surface area (Å²) in [5.74, 6) is 0.991. The summed E-state index contributed by atoms with van der Waals surface area (Å²) in [6, 6.07) is 6.09. The smallest absolute Gasteiger partial charge is 0.151 e. The van der Waals surface area contributed by atoms with Crippen molar-refractivity contribution >= 4 is 45.3 Å². The minimum absolute atomic E-state index is 0.453. The fourth-order valence-corrected chi connectivity index (χ4v) is 6.01. The van der Waals surface area contributed by atoms with Crippen LogP contribution in [0, 0.1) is 0 Å². The minimum Gasteiger partial charge on any atom is -0.383 e. The van der Waals surface area contributed by atoms with E-state index in [0.717, 1.165) is 56.8 Å². The van der Waals surface area contributed by atoms with Crippen LogP contribution in [0.5, 0.6) is 0 Å². The molecule has 0 radical (unpaired) electrons. The van der Waals surface area contributed by atoms with Crippen molar-refractivity contribution in [2.45, 2.75) is 50.9 Å². The number of nitrogens with one attached hydrogen (secondary N) is 1. The van der Waals surface area contributed by atoms with E-state index in [0.29, 0.717) is 11.7 Å². The number of fused-ring (bicyclic) bond motifs is 1. The summed E-state index contributed by atoms with van der Waals surface area (Å²) >= 11 is 1.63. The molecule has 1 aliphatic carbocycles. The third-order valence-electron chi connectivity index (χ3n) is 6.80. The standard InChI is InChI=1S/C25H28N8S/c26-23-20(25-32-31-24(34-25)16-6-2-3-7-16)12-21-22(30-23)11-18(14-28-21)29-17-10-19(15-27-13-17)33-8-4-1-5-9-33/h10-16,29H,1-9H2,(H2,26,30). The maximum Gasteiger partial charge on any atom is 0.151 e. The van der Waals surface area contributed by atoms with Crippen LogP contribution in [0.25, 0.3) is 21.6 Å². The average Bonchev–Trinajstić information content (AvgIpc) is 3.57. The van der Waals surface area contributed by atoms with E-state index in [9.17, 15) is 0 Å². The maximum atomic E-state index is 6.35. The molecule has 0 aromatic carbocycles. The van der Waals surface area contributed by atoms with Crippen molar-refractivity contribution in [3.05, 3.63) is 41.8 Å². The molecule has 174 valence electrons. The number of hydrogen-bond acceptors (Lipinski definition) is 9. The first kappa shape index (κ1) is 21.2. The topological polar surface area (TPSA) is 106 Å². The number of anilines is 4. The molecule has 6 rings (SSSR count). The SMILES string of the molecule is Nc1nc2cc(Nc3cncc(N4CCCCC4)c3)cnc2cc1-c1nnc(C2CCCC2)s1. The van der Waals surface area contributed by atoms with E-state index in [2.05, 4.69) is 41.4 Å². The quantitative estimate of drug-likeness (QED) is 0.391. The number of nitrogens with zero attached hydrogens (tertiary/aromatic N) is 6. The van der Waals surface area contributed by atoms with Crippen LogP contribution in [0.1, 0.15) is 55.9 Å². The molecule has 4 aromatic heterocycles. The number of hydrogen-bond donors (Lipinski definition) is 2. The second kappa shape index (κ2) is 9.13. The zero-order chi connectivity index (χ0) is 22.9. The number of pyridine rings is 3. The Hall–Kier alpha value is -3.33. The fraction of sp³-hybridized carbons (Fsp3) is 0.400. The van der Waals surface area contributed by atoms with Crippen LogP contribution in [-0.4, -0.2) is 38.2 Å². The van der Waals surface area contributed by atoms with Gasteiger partial charge in [-0.05, 0) is 50.3 Å². The summed E-state index contributed by atoms with van der Waals surface area (Å²) in [6.45, 7) is 2.18. The first-order valence-electron chi connectivity index (χ1n) is 12.1. The van der Waals surface area contributed by atoms with Gasteiger partial charge < -0.3 is 16.0 Å². The van der Waals surface area contributed by atoms with Crippen molar-refractivity contribution in [3.63, 3.8) is 0 Å². The third kappa shape index (κ3) is 4.27. The Morgan fingerprint density at radius 3 is 2.56 bits per heavy atom. The van der Waals surface area contributed by atoms with Crippen LogP contribution in [-0.2, 0) is 0 Å². The zero-order valence-corrected chi connectivity index (χ0v) is 19.9. The molecule has 2 fully saturated rings. The van der Waals surface area contributed by atoms with Gasteiger partial charge in [0.05, 0.1) is 52.2 Å². The lowest BCUT2D eigenvalue weighted by atomic mass is 10.1. The molecule has 8 nitrogen and oxygen atoms in total. The molecular weight excluding hydrogens is 444 g/mol. The molecule has 9 heteroatoms. The van der Waals surface area contributed by atoms with E-state index >= 15 is 0 Å². The monoisotopic (exact) mass is 472 g/mol. The highest BCUT2D eigenvalue weighted by Crippen LogP contribution is 2.39. The fourth-order valence-electron chi connectivity index (χ4n) is 4.97. The van der Waals surface area contributed by atoms with Crippen LogP contribution in [0.2, 0.25) is 0 Å². The summed E-state index contributed by atoms with van der Waals surface area (Å²) in [5, 5.41) is 14.2. The van der Waals surface area contributed by atoms with E-state index in [1.54, 1.807) is 11.3 Å². The van der Waals surface area contributed by atoms with Gasteiger partial charge in [-0.3, -0.25) is 9.97 Å². The minimum atomic E-state index is 0.453. The van der Waals surface area contributed by atoms with Crippen molar-refractivity contribution in [1.82, 2.24) is 25.1 Å². The molecule has 0 unspecified atom stereocenters. The zero-order valence-electron chi connectivity index (χ0n) is 19.1. The van der Waals surface area contributed by atoms with Crippen LogP contribution in [0.15, 0.2) is 36.8 Å². The lowest BCUT2D eigenvalue weighted by Gasteiger charge is -2.28. The highest BCUT2D eigenvalue weighted by Gasteiger charge is 2.22. The highest BCUT2D eigenvalue weighted by molar-refractivity contribution is 7.14. The highest BCUT2D eigenvalue weighted by atomic mass is 32.1. The van der Waals surface area contributed by atoms with Gasteiger partial charge in [-0.15, -0.1) is 10.2 Å². The first-order chi connectivity index (χ1) is 16.7. The maximum absolute atomic E-state index is 6.35. The third-order valence-corrected chi connectivity index (χ3v) is 7.92. The summed E-state index contributed by atoms with van der Waals surface area (Å²) in [4.78, 5) is 16.1. The second-order valence-corrected chi connectivity index (χ2v) is 10.2. The van der Waals surface area contributed by atoms with Gasteiger partial charge in [-0.25, -0.2) is 4.98 Å². The Kier molecular flexibility index (Phi) is 5.70. The van der Waals surface area contributed by atoms with E-state index in [-0.39, 0.29) is 0 Å². The predicted molar refractivity (Wildman–Crippen MR) is 138 cm³/mol. The predicted octanol–water partition coefficient (Wildman–Crippen LogP) is 5.52. The van der Waals surface area contributed by atoms with Gasteiger partial charge in [-0.2, -0.15) is 0 Å². The van der Waals surface area contributed by atoms with Crippen molar-refractivity contribution in [3.8, 4) is 10.6 Å². The Morgan fingerprint density at radius 1 is 0.882 bits per heavy atom. The summed E-state index contributed by atoms with van der Waals surface area (Å²) in [5.41, 5.74) is 11.6. The number of aromatic nitrogens is 5. The molecular formula is C25H28N8S. The molecule has 1 saturated carbocycles. The summed E-state index contributed by atoms with van der Waals surface area (Å²) in [6.07, 6.45) is 14.3. The summed E-state index contributed by atoms with van der Waals surface area (Å²) in [7, 11) is 0. The van der Waals surface area contributed by atoms with Crippen molar-refractivity contribution in [1.29, 1.82) is 0 Å². The first-order valence-corrected chi connectivity index (χ1v) is 12.9. The van der Waals surface area contributed by atoms with Gasteiger partial charge in [0.1, 0.15) is 10.8 Å². The molecule has 1 aliphatic heterocycles.